The van der Waals surface area contributed by atoms with E-state index in [-0.39, 0.29) is 21.9 Å². The van der Waals surface area contributed by atoms with Gasteiger partial charge in [-0.25, -0.2) is 12.8 Å². The Hall–Kier alpha value is -3.52. The van der Waals surface area contributed by atoms with Crippen LogP contribution >= 0.6 is 0 Å². The van der Waals surface area contributed by atoms with Crippen molar-refractivity contribution in [2.24, 2.45) is 0 Å². The van der Waals surface area contributed by atoms with Crippen molar-refractivity contribution in [1.82, 2.24) is 0 Å². The monoisotopic (exact) mass is 412 g/mol. The van der Waals surface area contributed by atoms with Crippen LogP contribution in [-0.2, 0) is 10.0 Å². The minimum absolute atomic E-state index is 0.00965. The van der Waals surface area contributed by atoms with Crippen LogP contribution < -0.4 is 10.0 Å². The first kappa shape index (κ1) is 20.2. The Morgan fingerprint density at radius 2 is 1.45 bits per heavy atom. The predicted octanol–water partition coefficient (Wildman–Crippen LogP) is 4.08. The third-order valence-corrected chi connectivity index (χ3v) is 5.45. The molecule has 0 bridgehead atoms. The second kappa shape index (κ2) is 8.24. The number of nitrogens with one attached hydrogen (secondary N) is 2. The molecule has 2 N–H and O–H groups in total. The maximum Gasteiger partial charge on any atom is 0.261 e. The van der Waals surface area contributed by atoms with Gasteiger partial charge in [-0.3, -0.25) is 14.3 Å². The minimum Gasteiger partial charge on any atom is -0.322 e. The van der Waals surface area contributed by atoms with Gasteiger partial charge in [-0.15, -0.1) is 0 Å². The summed E-state index contributed by atoms with van der Waals surface area (Å²) in [4.78, 5) is 23.5. The Bertz CT molecular complexity index is 1160. The summed E-state index contributed by atoms with van der Waals surface area (Å²) < 4.78 is 40.5. The van der Waals surface area contributed by atoms with Gasteiger partial charge in [0.05, 0.1) is 4.90 Å². The molecule has 0 fully saturated rings. The van der Waals surface area contributed by atoms with Crippen LogP contribution in [0.15, 0.2) is 77.7 Å². The Balaban J connectivity index is 1.71. The van der Waals surface area contributed by atoms with Crippen molar-refractivity contribution in [3.05, 3.63) is 89.7 Å². The molecule has 0 aromatic heterocycles. The summed E-state index contributed by atoms with van der Waals surface area (Å²) in [6.45, 7) is 1.40. The van der Waals surface area contributed by atoms with Gasteiger partial charge >= 0.3 is 0 Å². The number of halogens is 1. The molecule has 0 saturated carbocycles. The third kappa shape index (κ3) is 5.05. The van der Waals surface area contributed by atoms with Crippen molar-refractivity contribution >= 4 is 33.1 Å². The van der Waals surface area contributed by atoms with E-state index in [4.69, 9.17) is 0 Å². The molecule has 0 atom stereocenters. The van der Waals surface area contributed by atoms with Crippen molar-refractivity contribution in [3.8, 4) is 0 Å². The normalized spacial score (nSPS) is 11.0. The van der Waals surface area contributed by atoms with Crippen molar-refractivity contribution in [2.75, 3.05) is 10.0 Å². The summed E-state index contributed by atoms with van der Waals surface area (Å²) in [5.41, 5.74) is 1.28. The van der Waals surface area contributed by atoms with Gasteiger partial charge < -0.3 is 5.32 Å². The number of Topliss-reactive ketones (excluding diaryl/α,β-unsaturated/α-hetero) is 1. The van der Waals surface area contributed by atoms with E-state index in [0.717, 1.165) is 0 Å². The van der Waals surface area contributed by atoms with E-state index < -0.39 is 21.7 Å². The lowest BCUT2D eigenvalue weighted by Gasteiger charge is -2.10. The van der Waals surface area contributed by atoms with E-state index in [1.165, 1.54) is 73.7 Å². The smallest absolute Gasteiger partial charge is 0.261 e. The number of hydrogen-bond donors (Lipinski definition) is 2. The van der Waals surface area contributed by atoms with Crippen LogP contribution in [-0.4, -0.2) is 20.1 Å². The van der Waals surface area contributed by atoms with Crippen molar-refractivity contribution < 1.29 is 22.4 Å². The van der Waals surface area contributed by atoms with Crippen LogP contribution in [0.25, 0.3) is 0 Å². The Morgan fingerprint density at radius 3 is 2.03 bits per heavy atom. The van der Waals surface area contributed by atoms with Gasteiger partial charge in [0.2, 0.25) is 0 Å². The first-order valence-electron chi connectivity index (χ1n) is 8.55. The number of benzene rings is 3. The van der Waals surface area contributed by atoms with Crippen LogP contribution in [0.3, 0.4) is 0 Å². The highest BCUT2D eigenvalue weighted by Crippen LogP contribution is 2.18. The summed E-state index contributed by atoms with van der Waals surface area (Å²) in [5.74, 6) is -1.08. The standard InChI is InChI=1S/C21H17FN2O4S/c1-14(25)15-7-11-20(12-8-15)29(27,28)24-18-9-5-16(6-10-18)21(26)23-19-4-2-3-17(22)13-19/h2-13,24H,1H3,(H,23,26). The number of hydrogen-bond acceptors (Lipinski definition) is 4. The van der Waals surface area contributed by atoms with Crippen molar-refractivity contribution in [2.45, 2.75) is 11.8 Å². The molecule has 0 aliphatic rings. The van der Waals surface area contributed by atoms with Gasteiger partial charge in [0.1, 0.15) is 5.82 Å². The zero-order chi connectivity index (χ0) is 21.0. The highest BCUT2D eigenvalue weighted by molar-refractivity contribution is 7.92. The Labute approximate surface area is 167 Å². The van der Waals surface area contributed by atoms with E-state index in [1.807, 2.05) is 0 Å². The molecule has 0 unspecified atom stereocenters. The molecule has 0 aliphatic heterocycles. The van der Waals surface area contributed by atoms with Crippen LogP contribution in [0.1, 0.15) is 27.6 Å². The molecule has 1 amide bonds. The van der Waals surface area contributed by atoms with E-state index in [9.17, 15) is 22.4 Å². The maximum absolute atomic E-state index is 13.2. The quantitative estimate of drug-likeness (QED) is 0.597. The number of rotatable bonds is 6. The fourth-order valence-corrected chi connectivity index (χ4v) is 3.60. The SMILES string of the molecule is CC(=O)c1ccc(S(=O)(=O)Nc2ccc(C(=O)Nc3cccc(F)c3)cc2)cc1. The van der Waals surface area contributed by atoms with Crippen molar-refractivity contribution in [1.29, 1.82) is 0 Å². The molecule has 0 radical (unpaired) electrons. The van der Waals surface area contributed by atoms with E-state index >= 15 is 0 Å². The summed E-state index contributed by atoms with van der Waals surface area (Å²) in [5, 5.41) is 2.56. The largest absolute Gasteiger partial charge is 0.322 e. The predicted molar refractivity (Wildman–Crippen MR) is 108 cm³/mol. The summed E-state index contributed by atoms with van der Waals surface area (Å²) in [6.07, 6.45) is 0. The second-order valence-electron chi connectivity index (χ2n) is 6.23. The Kier molecular flexibility index (Phi) is 5.74. The van der Waals surface area contributed by atoms with Gasteiger partial charge in [0.25, 0.3) is 15.9 Å². The average molecular weight is 412 g/mol. The molecule has 0 spiro atoms. The van der Waals surface area contributed by atoms with Gasteiger partial charge in [-0.1, -0.05) is 18.2 Å². The zero-order valence-electron chi connectivity index (χ0n) is 15.3. The highest BCUT2D eigenvalue weighted by atomic mass is 32.2. The molecular weight excluding hydrogens is 395 g/mol. The van der Waals surface area contributed by atoms with Gasteiger partial charge in [0, 0.05) is 22.5 Å². The maximum atomic E-state index is 13.2. The first-order valence-corrected chi connectivity index (χ1v) is 10.0. The number of ketones is 1. The molecular formula is C21H17FN2O4S. The summed E-state index contributed by atoms with van der Waals surface area (Å²) >= 11 is 0. The molecule has 3 aromatic rings. The third-order valence-electron chi connectivity index (χ3n) is 4.05. The lowest BCUT2D eigenvalue weighted by atomic mass is 10.2. The van der Waals surface area contributed by atoms with E-state index in [2.05, 4.69) is 10.0 Å². The number of sulfonamides is 1. The molecule has 29 heavy (non-hydrogen) atoms. The molecule has 6 nitrogen and oxygen atoms in total. The number of amides is 1. The van der Waals surface area contributed by atoms with E-state index in [0.29, 0.717) is 11.3 Å². The fourth-order valence-electron chi connectivity index (χ4n) is 2.54. The average Bonchev–Trinajstić information content (AvgIpc) is 2.68. The number of anilines is 2. The molecule has 0 aliphatic carbocycles. The molecule has 3 rings (SSSR count). The molecule has 3 aromatic carbocycles. The topological polar surface area (TPSA) is 92.3 Å². The Morgan fingerprint density at radius 1 is 0.828 bits per heavy atom. The lowest BCUT2D eigenvalue weighted by molar-refractivity contribution is 0.101. The van der Waals surface area contributed by atoms with E-state index in [1.54, 1.807) is 6.07 Å². The molecule has 8 heteroatoms. The zero-order valence-corrected chi connectivity index (χ0v) is 16.2. The number of carbonyl (C=O) groups is 2. The molecule has 0 saturated heterocycles. The van der Waals surface area contributed by atoms with Gasteiger partial charge in [-0.2, -0.15) is 0 Å². The number of carbonyl (C=O) groups excluding carboxylic acids is 2. The summed E-state index contributed by atoms with van der Waals surface area (Å²) in [7, 11) is -3.85. The first-order chi connectivity index (χ1) is 13.7. The lowest BCUT2D eigenvalue weighted by Crippen LogP contribution is -2.14. The van der Waals surface area contributed by atoms with Crippen LogP contribution in [0.5, 0.6) is 0 Å². The second-order valence-corrected chi connectivity index (χ2v) is 7.91. The van der Waals surface area contributed by atoms with Crippen LogP contribution in [0, 0.1) is 5.82 Å². The fraction of sp³-hybridized carbons (Fsp3) is 0.0476. The summed E-state index contributed by atoms with van der Waals surface area (Å²) in [6, 6.07) is 16.9. The van der Waals surface area contributed by atoms with Crippen molar-refractivity contribution in [3.63, 3.8) is 0 Å². The highest BCUT2D eigenvalue weighted by Gasteiger charge is 2.15. The van der Waals surface area contributed by atoms with Gasteiger partial charge in [-0.05, 0) is 61.5 Å². The van der Waals surface area contributed by atoms with Gasteiger partial charge in [0.15, 0.2) is 5.78 Å². The molecule has 148 valence electrons. The van der Waals surface area contributed by atoms with Crippen LogP contribution in [0.4, 0.5) is 15.8 Å². The minimum atomic E-state index is -3.85. The molecule has 0 heterocycles. The van der Waals surface area contributed by atoms with Crippen LogP contribution in [0.2, 0.25) is 0 Å².